The SMILES string of the molecule is O=C(O)C1(CNC(=O)C2(c3cccs3)CCCCC2)CC1. The van der Waals surface area contributed by atoms with E-state index in [4.69, 9.17) is 0 Å². The molecule has 0 aliphatic heterocycles. The van der Waals surface area contributed by atoms with Gasteiger partial charge in [0.05, 0.1) is 10.8 Å². The number of hydrogen-bond donors (Lipinski definition) is 2. The molecule has 2 N–H and O–H groups in total. The highest BCUT2D eigenvalue weighted by atomic mass is 32.1. The van der Waals surface area contributed by atoms with E-state index in [2.05, 4.69) is 5.32 Å². The number of thiophene rings is 1. The van der Waals surface area contributed by atoms with E-state index < -0.39 is 16.8 Å². The van der Waals surface area contributed by atoms with Gasteiger partial charge >= 0.3 is 5.97 Å². The highest BCUT2D eigenvalue weighted by Gasteiger charge is 2.51. The molecule has 21 heavy (non-hydrogen) atoms. The summed E-state index contributed by atoms with van der Waals surface area (Å²) in [7, 11) is 0. The van der Waals surface area contributed by atoms with Crippen molar-refractivity contribution in [2.75, 3.05) is 6.54 Å². The molecule has 0 radical (unpaired) electrons. The van der Waals surface area contributed by atoms with Crippen LogP contribution >= 0.6 is 11.3 Å². The zero-order valence-corrected chi connectivity index (χ0v) is 12.9. The zero-order chi connectivity index (χ0) is 14.9. The fourth-order valence-electron chi connectivity index (χ4n) is 3.33. The molecule has 0 unspecified atom stereocenters. The molecule has 2 aliphatic carbocycles. The standard InChI is InChI=1S/C16H21NO3S/c18-13(17-11-15(8-9-15)14(19)20)16(6-2-1-3-7-16)12-5-4-10-21-12/h4-5,10H,1-3,6-9,11H2,(H,17,18)(H,19,20). The van der Waals surface area contributed by atoms with Crippen molar-refractivity contribution < 1.29 is 14.7 Å². The number of carboxylic acid groups (broad SMARTS) is 1. The number of aliphatic carboxylic acids is 1. The van der Waals surface area contributed by atoms with Gasteiger partial charge in [-0.05, 0) is 37.1 Å². The summed E-state index contributed by atoms with van der Waals surface area (Å²) in [4.78, 5) is 25.2. The minimum Gasteiger partial charge on any atom is -0.481 e. The van der Waals surface area contributed by atoms with Crippen molar-refractivity contribution >= 4 is 23.2 Å². The number of carboxylic acids is 1. The molecule has 114 valence electrons. The van der Waals surface area contributed by atoms with Crippen LogP contribution in [0.25, 0.3) is 0 Å². The number of hydrogen-bond acceptors (Lipinski definition) is 3. The first-order chi connectivity index (χ1) is 10.1. The molecule has 5 heteroatoms. The quantitative estimate of drug-likeness (QED) is 0.879. The molecule has 2 saturated carbocycles. The van der Waals surface area contributed by atoms with E-state index in [0.717, 1.165) is 30.6 Å². The van der Waals surface area contributed by atoms with Crippen LogP contribution in [0, 0.1) is 5.41 Å². The maximum atomic E-state index is 12.8. The Labute approximate surface area is 128 Å². The second-order valence-corrected chi connectivity index (χ2v) is 7.34. The zero-order valence-electron chi connectivity index (χ0n) is 12.1. The average Bonchev–Trinajstić information content (AvgIpc) is 3.09. The van der Waals surface area contributed by atoms with Crippen LogP contribution in [-0.4, -0.2) is 23.5 Å². The maximum Gasteiger partial charge on any atom is 0.311 e. The lowest BCUT2D eigenvalue weighted by atomic mass is 9.72. The highest BCUT2D eigenvalue weighted by molar-refractivity contribution is 7.10. The Morgan fingerprint density at radius 1 is 1.19 bits per heavy atom. The highest BCUT2D eigenvalue weighted by Crippen LogP contribution is 2.46. The normalized spacial score (nSPS) is 22.5. The Hall–Kier alpha value is -1.36. The summed E-state index contributed by atoms with van der Waals surface area (Å²) in [6.45, 7) is 0.272. The molecule has 4 nitrogen and oxygen atoms in total. The summed E-state index contributed by atoms with van der Waals surface area (Å²) in [5.74, 6) is -0.756. The van der Waals surface area contributed by atoms with Gasteiger partial charge in [0.2, 0.25) is 5.91 Å². The van der Waals surface area contributed by atoms with E-state index in [0.29, 0.717) is 12.8 Å². The van der Waals surface area contributed by atoms with Gasteiger partial charge in [-0.3, -0.25) is 9.59 Å². The van der Waals surface area contributed by atoms with Gasteiger partial charge in [0.1, 0.15) is 0 Å². The third kappa shape index (κ3) is 2.59. The van der Waals surface area contributed by atoms with E-state index in [-0.39, 0.29) is 12.5 Å². The van der Waals surface area contributed by atoms with Gasteiger partial charge in [0.15, 0.2) is 0 Å². The van der Waals surface area contributed by atoms with Crippen molar-refractivity contribution in [3.8, 4) is 0 Å². The lowest BCUT2D eigenvalue weighted by Crippen LogP contribution is -2.47. The average molecular weight is 307 g/mol. The van der Waals surface area contributed by atoms with Crippen molar-refractivity contribution in [2.24, 2.45) is 5.41 Å². The lowest BCUT2D eigenvalue weighted by Gasteiger charge is -2.35. The second kappa shape index (κ2) is 5.44. The van der Waals surface area contributed by atoms with Crippen LogP contribution in [0.15, 0.2) is 17.5 Å². The molecule has 1 amide bonds. The minimum absolute atomic E-state index is 0.0252. The number of carbonyl (C=O) groups is 2. The first-order valence-corrected chi connectivity index (χ1v) is 8.53. The van der Waals surface area contributed by atoms with E-state index in [1.54, 1.807) is 11.3 Å². The molecule has 0 aromatic carbocycles. The van der Waals surface area contributed by atoms with E-state index in [9.17, 15) is 14.7 Å². The van der Waals surface area contributed by atoms with Crippen molar-refractivity contribution in [1.29, 1.82) is 0 Å². The number of amides is 1. The van der Waals surface area contributed by atoms with Crippen LogP contribution in [0.3, 0.4) is 0 Å². The predicted molar refractivity (Wildman–Crippen MR) is 81.4 cm³/mol. The third-order valence-corrected chi connectivity index (χ3v) is 6.10. The number of nitrogens with one attached hydrogen (secondary N) is 1. The van der Waals surface area contributed by atoms with Gasteiger partial charge in [-0.1, -0.05) is 25.3 Å². The summed E-state index contributed by atoms with van der Waals surface area (Å²) in [6.07, 6.45) is 6.41. The first kappa shape index (κ1) is 14.6. The van der Waals surface area contributed by atoms with Crippen molar-refractivity contribution in [3.05, 3.63) is 22.4 Å². The molecule has 2 aliphatic rings. The molecule has 0 saturated heterocycles. The Balaban J connectivity index is 1.74. The molecule has 1 aromatic rings. The monoisotopic (exact) mass is 307 g/mol. The summed E-state index contributed by atoms with van der Waals surface area (Å²) in [5.41, 5.74) is -1.12. The molecule has 3 rings (SSSR count). The molecule has 1 aromatic heterocycles. The largest absolute Gasteiger partial charge is 0.481 e. The van der Waals surface area contributed by atoms with Gasteiger partial charge in [0, 0.05) is 11.4 Å². The van der Waals surface area contributed by atoms with E-state index >= 15 is 0 Å². The summed E-state index contributed by atoms with van der Waals surface area (Å²) in [6, 6.07) is 4.03. The second-order valence-electron chi connectivity index (χ2n) is 6.39. The molecule has 2 fully saturated rings. The van der Waals surface area contributed by atoms with Gasteiger partial charge < -0.3 is 10.4 Å². The van der Waals surface area contributed by atoms with Gasteiger partial charge in [0.25, 0.3) is 0 Å². The number of carbonyl (C=O) groups excluding carboxylic acids is 1. The van der Waals surface area contributed by atoms with Crippen LogP contribution in [-0.2, 0) is 15.0 Å². The Morgan fingerprint density at radius 3 is 2.43 bits per heavy atom. The third-order valence-electron chi connectivity index (χ3n) is 5.03. The van der Waals surface area contributed by atoms with E-state index in [1.165, 1.54) is 6.42 Å². The molecule has 1 heterocycles. The number of rotatable bonds is 5. The smallest absolute Gasteiger partial charge is 0.311 e. The summed E-state index contributed by atoms with van der Waals surface area (Å²) < 4.78 is 0. The van der Waals surface area contributed by atoms with Crippen LogP contribution in [0.1, 0.15) is 49.8 Å². The fourth-order valence-corrected chi connectivity index (χ4v) is 4.31. The molecular weight excluding hydrogens is 286 g/mol. The van der Waals surface area contributed by atoms with Crippen LogP contribution < -0.4 is 5.32 Å². The summed E-state index contributed by atoms with van der Waals surface area (Å²) in [5, 5.41) is 14.2. The summed E-state index contributed by atoms with van der Waals surface area (Å²) >= 11 is 1.63. The minimum atomic E-state index is -0.781. The Morgan fingerprint density at radius 2 is 1.90 bits per heavy atom. The Kier molecular flexibility index (Phi) is 3.78. The lowest BCUT2D eigenvalue weighted by molar-refractivity contribution is -0.143. The van der Waals surface area contributed by atoms with Crippen molar-refractivity contribution in [1.82, 2.24) is 5.32 Å². The van der Waals surface area contributed by atoms with E-state index in [1.807, 2.05) is 17.5 Å². The topological polar surface area (TPSA) is 66.4 Å². The molecule has 0 atom stereocenters. The fraction of sp³-hybridized carbons (Fsp3) is 0.625. The van der Waals surface area contributed by atoms with Gasteiger partial charge in [-0.25, -0.2) is 0 Å². The van der Waals surface area contributed by atoms with Crippen LogP contribution in [0.2, 0.25) is 0 Å². The molecule has 0 bridgehead atoms. The molecule has 0 spiro atoms. The first-order valence-electron chi connectivity index (χ1n) is 7.65. The molecular formula is C16H21NO3S. The van der Waals surface area contributed by atoms with Gasteiger partial charge in [-0.15, -0.1) is 11.3 Å². The van der Waals surface area contributed by atoms with Crippen LogP contribution in [0.5, 0.6) is 0 Å². The van der Waals surface area contributed by atoms with Gasteiger partial charge in [-0.2, -0.15) is 0 Å². The van der Waals surface area contributed by atoms with Crippen molar-refractivity contribution in [2.45, 2.75) is 50.4 Å². The Bertz CT molecular complexity index is 528. The predicted octanol–water partition coefficient (Wildman–Crippen LogP) is 2.93. The van der Waals surface area contributed by atoms with Crippen LogP contribution in [0.4, 0.5) is 0 Å². The maximum absolute atomic E-state index is 12.8. The van der Waals surface area contributed by atoms with Crippen molar-refractivity contribution in [3.63, 3.8) is 0 Å².